The highest BCUT2D eigenvalue weighted by Gasteiger charge is 2.35. The first-order chi connectivity index (χ1) is 8.52. The zero-order valence-corrected chi connectivity index (χ0v) is 12.8. The van der Waals surface area contributed by atoms with E-state index in [1.54, 1.807) is 0 Å². The van der Waals surface area contributed by atoms with Crippen molar-refractivity contribution in [3.63, 3.8) is 0 Å². The maximum absolute atomic E-state index is 3.37. The molecule has 1 unspecified atom stereocenters. The van der Waals surface area contributed by atoms with Gasteiger partial charge in [-0.2, -0.15) is 0 Å². The summed E-state index contributed by atoms with van der Waals surface area (Å²) in [4.78, 5) is 2.81. The molecule has 1 heterocycles. The molecule has 18 heavy (non-hydrogen) atoms. The van der Waals surface area contributed by atoms with Gasteiger partial charge in [0.2, 0.25) is 0 Å². The van der Waals surface area contributed by atoms with Crippen LogP contribution in [-0.4, -0.2) is 37.1 Å². The Hall–Kier alpha value is -0.0800. The summed E-state index contributed by atoms with van der Waals surface area (Å²) in [5.41, 5.74) is 0.514. The summed E-state index contributed by atoms with van der Waals surface area (Å²) in [6.45, 7) is 9.77. The summed E-state index contributed by atoms with van der Waals surface area (Å²) in [6.07, 6.45) is 8.56. The number of likely N-dealkylation sites (N-methyl/N-ethyl adjacent to an activating group) is 1. The lowest BCUT2D eigenvalue weighted by Crippen LogP contribution is -2.45. The highest BCUT2D eigenvalue weighted by Crippen LogP contribution is 2.40. The zero-order valence-electron chi connectivity index (χ0n) is 12.8. The van der Waals surface area contributed by atoms with Crippen LogP contribution in [0, 0.1) is 11.3 Å². The molecule has 1 aliphatic carbocycles. The van der Waals surface area contributed by atoms with Crippen molar-refractivity contribution < 1.29 is 0 Å². The van der Waals surface area contributed by atoms with Crippen LogP contribution < -0.4 is 5.32 Å². The van der Waals surface area contributed by atoms with E-state index in [1.165, 1.54) is 51.6 Å². The van der Waals surface area contributed by atoms with Gasteiger partial charge in [-0.25, -0.2) is 0 Å². The lowest BCUT2D eigenvalue weighted by atomic mass is 9.71. The molecule has 1 saturated carbocycles. The minimum absolute atomic E-state index is 0.514. The monoisotopic (exact) mass is 252 g/mol. The fraction of sp³-hybridized carbons (Fsp3) is 1.00. The second kappa shape index (κ2) is 5.92. The molecule has 2 nitrogen and oxygen atoms in total. The SMILES string of the molecule is CNCC1CCCN1C1CCC(C(C)(C)C)CC1. The first kappa shape index (κ1) is 14.3. The normalized spacial score (nSPS) is 35.0. The summed E-state index contributed by atoms with van der Waals surface area (Å²) >= 11 is 0. The first-order valence-electron chi connectivity index (χ1n) is 7.92. The summed E-state index contributed by atoms with van der Waals surface area (Å²) in [5, 5.41) is 3.37. The van der Waals surface area contributed by atoms with E-state index in [-0.39, 0.29) is 0 Å². The van der Waals surface area contributed by atoms with Gasteiger partial charge in [-0.05, 0) is 63.5 Å². The second-order valence-electron chi connectivity index (χ2n) is 7.46. The van der Waals surface area contributed by atoms with Gasteiger partial charge < -0.3 is 5.32 Å². The fourth-order valence-corrected chi connectivity index (χ4v) is 4.07. The molecule has 0 radical (unpaired) electrons. The van der Waals surface area contributed by atoms with Gasteiger partial charge in [0, 0.05) is 18.6 Å². The maximum atomic E-state index is 3.37. The van der Waals surface area contributed by atoms with E-state index >= 15 is 0 Å². The van der Waals surface area contributed by atoms with Crippen LogP contribution in [0.3, 0.4) is 0 Å². The van der Waals surface area contributed by atoms with E-state index in [4.69, 9.17) is 0 Å². The molecule has 1 saturated heterocycles. The quantitative estimate of drug-likeness (QED) is 0.829. The van der Waals surface area contributed by atoms with Crippen molar-refractivity contribution in [2.75, 3.05) is 20.1 Å². The molecule has 0 aromatic carbocycles. The van der Waals surface area contributed by atoms with Gasteiger partial charge in [0.05, 0.1) is 0 Å². The van der Waals surface area contributed by atoms with Crippen molar-refractivity contribution in [1.29, 1.82) is 0 Å². The molecule has 0 aromatic rings. The van der Waals surface area contributed by atoms with Gasteiger partial charge in [-0.3, -0.25) is 4.90 Å². The van der Waals surface area contributed by atoms with Crippen LogP contribution in [0.25, 0.3) is 0 Å². The third kappa shape index (κ3) is 3.27. The van der Waals surface area contributed by atoms with Gasteiger partial charge in [0.15, 0.2) is 0 Å². The van der Waals surface area contributed by atoms with E-state index in [9.17, 15) is 0 Å². The third-order valence-electron chi connectivity index (χ3n) is 5.25. The molecule has 2 aliphatic rings. The minimum Gasteiger partial charge on any atom is -0.318 e. The molecule has 2 heteroatoms. The number of likely N-dealkylation sites (tertiary alicyclic amines) is 1. The van der Waals surface area contributed by atoms with Crippen molar-refractivity contribution in [3.8, 4) is 0 Å². The molecule has 0 spiro atoms. The molecule has 0 bridgehead atoms. The highest BCUT2D eigenvalue weighted by molar-refractivity contribution is 4.90. The van der Waals surface area contributed by atoms with Gasteiger partial charge in [-0.1, -0.05) is 20.8 Å². The Morgan fingerprint density at radius 2 is 1.72 bits per heavy atom. The summed E-state index contributed by atoms with van der Waals surface area (Å²) in [6, 6.07) is 1.69. The van der Waals surface area contributed by atoms with E-state index in [1.807, 2.05) is 0 Å². The van der Waals surface area contributed by atoms with E-state index < -0.39 is 0 Å². The number of nitrogens with one attached hydrogen (secondary N) is 1. The molecule has 2 rings (SSSR count). The summed E-state index contributed by atoms with van der Waals surface area (Å²) in [7, 11) is 2.09. The average molecular weight is 252 g/mol. The predicted octanol–water partition coefficient (Wildman–Crippen LogP) is 3.28. The van der Waals surface area contributed by atoms with Crippen LogP contribution in [-0.2, 0) is 0 Å². The van der Waals surface area contributed by atoms with Crippen LogP contribution in [0.2, 0.25) is 0 Å². The highest BCUT2D eigenvalue weighted by atomic mass is 15.2. The van der Waals surface area contributed by atoms with Crippen LogP contribution in [0.4, 0.5) is 0 Å². The van der Waals surface area contributed by atoms with Crippen LogP contribution in [0.5, 0.6) is 0 Å². The number of nitrogens with zero attached hydrogens (tertiary/aromatic N) is 1. The Balaban J connectivity index is 1.85. The van der Waals surface area contributed by atoms with Crippen molar-refractivity contribution in [3.05, 3.63) is 0 Å². The molecule has 0 amide bonds. The molecule has 1 atom stereocenters. The number of hydrogen-bond donors (Lipinski definition) is 1. The minimum atomic E-state index is 0.514. The number of rotatable bonds is 3. The lowest BCUT2D eigenvalue weighted by Gasteiger charge is -2.41. The standard InChI is InChI=1S/C16H32N2/c1-16(2,3)13-7-9-14(10-8-13)18-11-5-6-15(18)12-17-4/h13-15,17H,5-12H2,1-4H3. The van der Waals surface area contributed by atoms with E-state index in [0.717, 1.165) is 18.0 Å². The van der Waals surface area contributed by atoms with Crippen molar-refractivity contribution in [2.24, 2.45) is 11.3 Å². The van der Waals surface area contributed by atoms with Gasteiger partial charge >= 0.3 is 0 Å². The third-order valence-corrected chi connectivity index (χ3v) is 5.25. The van der Waals surface area contributed by atoms with E-state index in [0.29, 0.717) is 5.41 Å². The summed E-state index contributed by atoms with van der Waals surface area (Å²) < 4.78 is 0. The van der Waals surface area contributed by atoms with Crippen molar-refractivity contribution >= 4 is 0 Å². The average Bonchev–Trinajstić information content (AvgIpc) is 2.77. The Kier molecular flexibility index (Phi) is 4.71. The van der Waals surface area contributed by atoms with Gasteiger partial charge in [0.1, 0.15) is 0 Å². The Morgan fingerprint density at radius 3 is 2.28 bits per heavy atom. The zero-order chi connectivity index (χ0) is 13.2. The predicted molar refractivity (Wildman–Crippen MR) is 78.9 cm³/mol. The molecule has 2 fully saturated rings. The molecule has 106 valence electrons. The molecule has 1 N–H and O–H groups in total. The second-order valence-corrected chi connectivity index (χ2v) is 7.46. The Morgan fingerprint density at radius 1 is 1.06 bits per heavy atom. The summed E-state index contributed by atoms with van der Waals surface area (Å²) in [5.74, 6) is 0.944. The van der Waals surface area contributed by atoms with Crippen molar-refractivity contribution in [2.45, 2.75) is 71.4 Å². The maximum Gasteiger partial charge on any atom is 0.0223 e. The van der Waals surface area contributed by atoms with E-state index in [2.05, 4.69) is 38.0 Å². The van der Waals surface area contributed by atoms with Crippen LogP contribution >= 0.6 is 0 Å². The number of hydrogen-bond acceptors (Lipinski definition) is 2. The first-order valence-corrected chi connectivity index (χ1v) is 7.92. The smallest absolute Gasteiger partial charge is 0.0223 e. The Bertz CT molecular complexity index is 248. The van der Waals surface area contributed by atoms with Crippen molar-refractivity contribution in [1.82, 2.24) is 10.2 Å². The molecular weight excluding hydrogens is 220 g/mol. The van der Waals surface area contributed by atoms with Gasteiger partial charge in [-0.15, -0.1) is 0 Å². The fourth-order valence-electron chi connectivity index (χ4n) is 4.07. The van der Waals surface area contributed by atoms with Gasteiger partial charge in [0.25, 0.3) is 0 Å². The Labute approximate surface area is 114 Å². The largest absolute Gasteiger partial charge is 0.318 e. The lowest BCUT2D eigenvalue weighted by molar-refractivity contribution is 0.0879. The molecular formula is C16H32N2. The van der Waals surface area contributed by atoms with Crippen LogP contribution in [0.1, 0.15) is 59.3 Å². The molecule has 1 aliphatic heterocycles. The molecule has 0 aromatic heterocycles. The topological polar surface area (TPSA) is 15.3 Å². The van der Waals surface area contributed by atoms with Crippen LogP contribution in [0.15, 0.2) is 0 Å².